The van der Waals surface area contributed by atoms with Gasteiger partial charge in [0.05, 0.1) is 12.0 Å². The van der Waals surface area contributed by atoms with Crippen LogP contribution in [0.25, 0.3) is 0 Å². The van der Waals surface area contributed by atoms with Gasteiger partial charge in [0.15, 0.2) is 0 Å². The van der Waals surface area contributed by atoms with Gasteiger partial charge in [0.2, 0.25) is 0 Å². The topological polar surface area (TPSA) is 63.6 Å². The van der Waals surface area contributed by atoms with Crippen LogP contribution >= 0.6 is 0 Å². The van der Waals surface area contributed by atoms with Gasteiger partial charge in [-0.3, -0.25) is 9.59 Å². The first-order valence-corrected chi connectivity index (χ1v) is 10.0. The van der Waals surface area contributed by atoms with E-state index in [0.717, 1.165) is 32.1 Å². The number of Topliss-reactive ketones (excluding diaryl/α,β-unsaturated/α-hetero) is 1. The van der Waals surface area contributed by atoms with E-state index in [1.807, 2.05) is 13.8 Å². The molecule has 0 unspecified atom stereocenters. The summed E-state index contributed by atoms with van der Waals surface area (Å²) < 4.78 is 5.36. The molecule has 4 nitrogen and oxygen atoms in total. The van der Waals surface area contributed by atoms with E-state index in [1.165, 1.54) is 11.1 Å². The molecule has 0 aromatic rings. The predicted molar refractivity (Wildman–Crippen MR) is 251 cm³/mol. The maximum Gasteiger partial charge on any atom is 0.309 e. The summed E-state index contributed by atoms with van der Waals surface area (Å²) in [6.45, 7) is 8.08. The first-order valence-electron chi connectivity index (χ1n) is 10.0. The first kappa shape index (κ1) is 148. The largest absolute Gasteiger partial charge is 0.462 e. The van der Waals surface area contributed by atoms with Gasteiger partial charge >= 0.3 is 5.97 Å². The van der Waals surface area contributed by atoms with Crippen molar-refractivity contribution in [3.05, 3.63) is 23.3 Å². The Morgan fingerprint density at radius 2 is 1.06 bits per heavy atom. The van der Waals surface area contributed by atoms with E-state index in [4.69, 9.17) is 4.74 Å². The number of ketones is 1. The second kappa shape index (κ2) is 71.6. The number of cyclic esters (lactones) is 1. The third-order valence-corrected chi connectivity index (χ3v) is 5.95. The van der Waals surface area contributed by atoms with Crippen molar-refractivity contribution in [3.63, 3.8) is 0 Å². The van der Waals surface area contributed by atoms with Gasteiger partial charge in [-0.25, -0.2) is 0 Å². The molecule has 4 heteroatoms. The van der Waals surface area contributed by atoms with E-state index < -0.39 is 0 Å². The average molecular weight is 715 g/mol. The van der Waals surface area contributed by atoms with E-state index in [9.17, 15) is 14.7 Å². The zero-order chi connectivity index (χ0) is 19.3. The molecule has 1 aliphatic heterocycles. The predicted octanol–water partition coefficient (Wildman–Crippen LogP) is 18.4. The lowest BCUT2D eigenvalue weighted by Crippen LogP contribution is -2.36. The Morgan fingerprint density at radius 1 is 0.667 bits per heavy atom. The Balaban J connectivity index is -0.0000000174. The number of rotatable bonds is 7. The summed E-state index contributed by atoms with van der Waals surface area (Å²) in [5.74, 6) is 0.261. The number of hydrogen-bond acceptors (Lipinski definition) is 4. The molecular weight excluding hydrogens is 592 g/mol. The van der Waals surface area contributed by atoms with Gasteiger partial charge in [-0.2, -0.15) is 0 Å². The monoisotopic (exact) mass is 715 g/mol. The molecule has 0 radical (unpaired) electrons. The third-order valence-electron chi connectivity index (χ3n) is 5.95. The van der Waals surface area contributed by atoms with Gasteiger partial charge in [0.25, 0.3) is 0 Å². The summed E-state index contributed by atoms with van der Waals surface area (Å²) in [7, 11) is 0. The number of allylic oxidation sites excluding steroid dienone is 3. The lowest BCUT2D eigenvalue weighted by molar-refractivity contribution is -0.143. The minimum Gasteiger partial charge on any atom is -0.462 e. The maximum atomic E-state index is 11.9. The SMILES string of the molecule is C.C.C.C.C.C.C.C.C.C.C.C.C.C.C.C.C.C.C.C.C.C.C/C(=C\C[C@H]1[C@H](O)CCC(=O)[C@@H]1C)CC/C=C(\C)C[C@H]1C[C@H](C)C(=O)O1. The van der Waals surface area contributed by atoms with Crippen LogP contribution in [0.2, 0.25) is 0 Å². The molecule has 1 aliphatic carbocycles. The summed E-state index contributed by atoms with van der Waals surface area (Å²) in [5, 5.41) is 10.2. The highest BCUT2D eigenvalue weighted by Gasteiger charge is 2.33. The number of ether oxygens (including phenoxy) is 1. The van der Waals surface area contributed by atoms with Crippen molar-refractivity contribution < 1.29 is 19.4 Å². The summed E-state index contributed by atoms with van der Waals surface area (Å²) in [6.07, 6.45) is 9.59. The molecule has 0 amide bonds. The number of aliphatic hydroxyl groups excluding tert-OH is 1. The van der Waals surface area contributed by atoms with E-state index >= 15 is 0 Å². The number of carbonyl (C=O) groups excluding carboxylic acids is 2. The molecule has 1 heterocycles. The van der Waals surface area contributed by atoms with Crippen LogP contribution in [0.15, 0.2) is 23.3 Å². The van der Waals surface area contributed by atoms with Crippen molar-refractivity contribution in [1.82, 2.24) is 0 Å². The fourth-order valence-electron chi connectivity index (χ4n) is 4.04. The Hall–Kier alpha value is -1.42. The van der Waals surface area contributed by atoms with Crippen molar-refractivity contribution in [1.29, 1.82) is 0 Å². The highest BCUT2D eigenvalue weighted by atomic mass is 16.5. The van der Waals surface area contributed by atoms with Crippen molar-refractivity contribution in [2.24, 2.45) is 17.8 Å². The first-order chi connectivity index (χ1) is 12.3. The number of aliphatic hydroxyl groups is 1. The Bertz CT molecular complexity index is 578. The minimum atomic E-state index is -0.356. The normalized spacial score (nSPS) is 18.1. The fourth-order valence-corrected chi connectivity index (χ4v) is 4.04. The smallest absolute Gasteiger partial charge is 0.309 e. The van der Waals surface area contributed by atoms with Crippen LogP contribution in [0.4, 0.5) is 0 Å². The van der Waals surface area contributed by atoms with Crippen LogP contribution in [0, 0.1) is 17.8 Å². The minimum absolute atomic E-state index is 0. The fraction of sp³-hybridized carbons (Fsp3) is 0.864. The Labute approximate surface area is 319 Å². The average Bonchev–Trinajstić information content (AvgIpc) is 2.88. The van der Waals surface area contributed by atoms with Crippen LogP contribution in [0.5, 0.6) is 0 Å². The number of esters is 1. The molecule has 2 rings (SSSR count). The van der Waals surface area contributed by atoms with Crippen molar-refractivity contribution in [2.75, 3.05) is 0 Å². The molecule has 1 saturated heterocycles. The summed E-state index contributed by atoms with van der Waals surface area (Å²) >= 11 is 0. The van der Waals surface area contributed by atoms with Crippen molar-refractivity contribution in [2.45, 2.75) is 248 Å². The molecule has 0 aromatic heterocycles. The highest BCUT2D eigenvalue weighted by Crippen LogP contribution is 2.31. The van der Waals surface area contributed by atoms with Gasteiger partial charge in [-0.15, -0.1) is 0 Å². The van der Waals surface area contributed by atoms with E-state index in [-0.39, 0.29) is 205 Å². The molecule has 1 saturated carbocycles. The van der Waals surface area contributed by atoms with Crippen LogP contribution in [0.1, 0.15) is 236 Å². The van der Waals surface area contributed by atoms with Crippen molar-refractivity contribution >= 4 is 11.8 Å². The zero-order valence-corrected chi connectivity index (χ0v) is 16.7. The lowest BCUT2D eigenvalue weighted by atomic mass is 9.75. The van der Waals surface area contributed by atoms with Gasteiger partial charge in [-0.05, 0) is 51.9 Å². The quantitative estimate of drug-likeness (QED) is 0.211. The molecule has 322 valence electrons. The number of hydrogen-bond donors (Lipinski definition) is 1. The van der Waals surface area contributed by atoms with Gasteiger partial charge in [0.1, 0.15) is 11.9 Å². The van der Waals surface area contributed by atoms with Gasteiger partial charge < -0.3 is 9.84 Å². The second-order valence-electron chi connectivity index (χ2n) is 8.30. The Kier molecular flexibility index (Phi) is 220. The zero-order valence-electron chi connectivity index (χ0n) is 16.7. The van der Waals surface area contributed by atoms with Gasteiger partial charge in [0, 0.05) is 18.8 Å². The highest BCUT2D eigenvalue weighted by molar-refractivity contribution is 5.81. The van der Waals surface area contributed by atoms with Crippen LogP contribution in [-0.2, 0) is 14.3 Å². The van der Waals surface area contributed by atoms with Crippen LogP contribution < -0.4 is 0 Å². The molecule has 2 fully saturated rings. The molecule has 5 atom stereocenters. The summed E-state index contributed by atoms with van der Waals surface area (Å²) in [6, 6.07) is 0. The molecule has 0 bridgehead atoms. The third kappa shape index (κ3) is 46.7. The second-order valence-corrected chi connectivity index (χ2v) is 8.30. The van der Waals surface area contributed by atoms with Gasteiger partial charge in [-0.1, -0.05) is 201 Å². The molecule has 48 heavy (non-hydrogen) atoms. The molecule has 0 spiro atoms. The standard InChI is InChI=1S/C22H34O4.22CH4/c1-14(8-9-19-17(4)20(23)10-11-21(19)24)6-5-7-15(2)12-18-13-16(3)22(25)26-18;;;;;;;;;;;;;;;;;;;;;;/h7-8,16-19,21,24H,5-6,9-13H2,1-4H3;22*1H4/b14-8+,15-7+;;;;;;;;;;;;;;;;;;;;;;/t16-,17+,18-,19+,21+;;;;;;;;;;;;;;;;;;;;;;/m0....................../s1. The molecule has 2 aliphatic rings. The molecule has 1 N–H and O–H groups in total. The molecular formula is C44H122O4. The van der Waals surface area contributed by atoms with Crippen molar-refractivity contribution in [3.8, 4) is 0 Å². The summed E-state index contributed by atoms with van der Waals surface area (Å²) in [4.78, 5) is 23.3. The van der Waals surface area contributed by atoms with Crippen LogP contribution in [0.3, 0.4) is 0 Å². The van der Waals surface area contributed by atoms with E-state index in [1.54, 1.807) is 0 Å². The maximum absolute atomic E-state index is 11.9. The Morgan fingerprint density at radius 3 is 1.42 bits per heavy atom. The summed E-state index contributed by atoms with van der Waals surface area (Å²) in [5.41, 5.74) is 2.57. The van der Waals surface area contributed by atoms with E-state index in [2.05, 4.69) is 26.0 Å². The van der Waals surface area contributed by atoms with Crippen LogP contribution in [-0.4, -0.2) is 29.1 Å². The molecule has 0 aromatic carbocycles. The lowest BCUT2D eigenvalue weighted by Gasteiger charge is -2.31. The van der Waals surface area contributed by atoms with E-state index in [0.29, 0.717) is 12.8 Å². The number of carbonyl (C=O) groups is 2.